The Morgan fingerprint density at radius 3 is 2.32 bits per heavy atom. The summed E-state index contributed by atoms with van der Waals surface area (Å²) in [5.41, 5.74) is 5.01. The lowest BCUT2D eigenvalue weighted by Gasteiger charge is -2.43. The van der Waals surface area contributed by atoms with Crippen LogP contribution in [0.5, 0.6) is 0 Å². The molecule has 10 heteroatoms. The molecule has 2 aliphatic heterocycles. The monoisotopic (exact) mass is 686 g/mol. The second-order valence-corrected chi connectivity index (χ2v) is 14.3. The maximum absolute atomic E-state index is 13.1. The van der Waals surface area contributed by atoms with Gasteiger partial charge in [-0.1, -0.05) is 79.7 Å². The SMILES string of the molecule is CC1C(CN2CCCC2C(=O)OC(C)(C)C)OC(c2ccc(-c3ccccc3CNC(=O)CCCC(=O)O)cc2)OC1c1ccc(CO)cc1. The van der Waals surface area contributed by atoms with E-state index in [2.05, 4.69) is 17.1 Å². The highest BCUT2D eigenvalue weighted by atomic mass is 16.7. The molecular weight excluding hydrogens is 636 g/mol. The lowest BCUT2D eigenvalue weighted by atomic mass is 9.89. The van der Waals surface area contributed by atoms with Crippen LogP contribution >= 0.6 is 0 Å². The molecule has 2 fully saturated rings. The molecule has 1 amide bonds. The zero-order chi connectivity index (χ0) is 35.8. The Morgan fingerprint density at radius 2 is 1.64 bits per heavy atom. The Balaban J connectivity index is 1.34. The van der Waals surface area contributed by atoms with E-state index in [0.717, 1.165) is 52.8 Å². The van der Waals surface area contributed by atoms with Crippen LogP contribution in [0.4, 0.5) is 0 Å². The van der Waals surface area contributed by atoms with Gasteiger partial charge in [0.1, 0.15) is 11.6 Å². The second kappa shape index (κ2) is 16.7. The summed E-state index contributed by atoms with van der Waals surface area (Å²) in [6.45, 7) is 9.43. The largest absolute Gasteiger partial charge is 0.481 e. The number of carboxylic acids is 1. The number of aliphatic hydroxyl groups excluding tert-OH is 1. The molecule has 0 radical (unpaired) electrons. The maximum atomic E-state index is 13.1. The molecule has 5 atom stereocenters. The summed E-state index contributed by atoms with van der Waals surface area (Å²) in [6.07, 6.45) is 0.908. The number of carboxylic acid groups (broad SMARTS) is 1. The molecule has 2 aliphatic rings. The number of rotatable bonds is 13. The fourth-order valence-corrected chi connectivity index (χ4v) is 6.70. The number of nitrogens with one attached hydrogen (secondary N) is 1. The van der Waals surface area contributed by atoms with E-state index in [-0.39, 0.29) is 55.5 Å². The lowest BCUT2D eigenvalue weighted by Crippen LogP contribution is -2.48. The molecule has 268 valence electrons. The van der Waals surface area contributed by atoms with Crippen LogP contribution in [-0.4, -0.2) is 63.8 Å². The molecule has 0 bridgehead atoms. The third kappa shape index (κ3) is 9.78. The first kappa shape index (κ1) is 37.2. The topological polar surface area (TPSA) is 135 Å². The maximum Gasteiger partial charge on any atom is 0.323 e. The third-order valence-corrected chi connectivity index (χ3v) is 9.36. The first-order valence-corrected chi connectivity index (χ1v) is 17.6. The molecular formula is C40H50N2O8. The fourth-order valence-electron chi connectivity index (χ4n) is 6.70. The first-order chi connectivity index (χ1) is 23.9. The minimum absolute atomic E-state index is 0.0309. The van der Waals surface area contributed by atoms with Crippen molar-refractivity contribution in [2.24, 2.45) is 5.92 Å². The van der Waals surface area contributed by atoms with Crippen LogP contribution in [0.2, 0.25) is 0 Å². The van der Waals surface area contributed by atoms with Gasteiger partial charge in [0.05, 0.1) is 18.8 Å². The molecule has 0 saturated carbocycles. The lowest BCUT2D eigenvalue weighted by molar-refractivity contribution is -0.276. The van der Waals surface area contributed by atoms with E-state index in [1.807, 2.05) is 93.6 Å². The average molecular weight is 687 g/mol. The van der Waals surface area contributed by atoms with Crippen molar-refractivity contribution < 1.29 is 38.8 Å². The highest BCUT2D eigenvalue weighted by molar-refractivity contribution is 5.77. The predicted octanol–water partition coefficient (Wildman–Crippen LogP) is 6.31. The van der Waals surface area contributed by atoms with E-state index in [9.17, 15) is 19.5 Å². The summed E-state index contributed by atoms with van der Waals surface area (Å²) in [7, 11) is 0. The molecule has 3 N–H and O–H groups in total. The van der Waals surface area contributed by atoms with Crippen molar-refractivity contribution >= 4 is 17.8 Å². The van der Waals surface area contributed by atoms with Gasteiger partial charge in [0.25, 0.3) is 0 Å². The van der Waals surface area contributed by atoms with Crippen LogP contribution in [0, 0.1) is 5.92 Å². The standard InChI is InChI=1S/C40H50N2O8/c1-26-34(24-42-22-8-11-33(42)38(47)50-40(2,3)4)48-39(49-37(26)29-16-14-27(25-43)15-17-29)30-20-18-28(19-21-30)32-10-6-5-9-31(32)23-41-35(44)12-7-13-36(45)46/h5-6,9-10,14-21,26,33-34,37,39,43H,7-8,11-13,22-25H2,1-4H3,(H,41,44)(H,45,46). The highest BCUT2D eigenvalue weighted by Crippen LogP contribution is 2.43. The van der Waals surface area contributed by atoms with E-state index in [1.165, 1.54) is 0 Å². The molecule has 50 heavy (non-hydrogen) atoms. The number of benzene rings is 3. The summed E-state index contributed by atoms with van der Waals surface area (Å²) in [5, 5.41) is 21.4. The fraction of sp³-hybridized carbons (Fsp3) is 0.475. The minimum Gasteiger partial charge on any atom is -0.481 e. The zero-order valence-corrected chi connectivity index (χ0v) is 29.5. The molecule has 5 unspecified atom stereocenters. The average Bonchev–Trinajstić information content (AvgIpc) is 3.56. The number of nitrogens with zero attached hydrogens (tertiary/aromatic N) is 1. The molecule has 2 heterocycles. The highest BCUT2D eigenvalue weighted by Gasteiger charge is 2.42. The number of aliphatic carboxylic acids is 1. The van der Waals surface area contributed by atoms with Gasteiger partial charge in [0, 0.05) is 37.4 Å². The van der Waals surface area contributed by atoms with E-state index in [4.69, 9.17) is 19.3 Å². The van der Waals surface area contributed by atoms with Crippen molar-refractivity contribution in [2.75, 3.05) is 13.1 Å². The summed E-state index contributed by atoms with van der Waals surface area (Å²) in [6, 6.07) is 23.4. The number of aliphatic hydroxyl groups is 1. The minimum atomic E-state index is -0.911. The van der Waals surface area contributed by atoms with E-state index < -0.39 is 17.9 Å². The molecule has 5 rings (SSSR count). The van der Waals surface area contributed by atoms with Crippen LogP contribution in [-0.2, 0) is 41.7 Å². The Hall–Kier alpha value is -4.09. The van der Waals surface area contributed by atoms with Crippen molar-refractivity contribution in [3.8, 4) is 11.1 Å². The van der Waals surface area contributed by atoms with Crippen LogP contribution in [0.3, 0.4) is 0 Å². The summed E-state index contributed by atoms with van der Waals surface area (Å²) < 4.78 is 19.2. The summed E-state index contributed by atoms with van der Waals surface area (Å²) in [4.78, 5) is 38.4. The van der Waals surface area contributed by atoms with Gasteiger partial charge in [-0.2, -0.15) is 0 Å². The number of amides is 1. The van der Waals surface area contributed by atoms with Gasteiger partial charge in [-0.25, -0.2) is 0 Å². The number of likely N-dealkylation sites (tertiary alicyclic amines) is 1. The molecule has 3 aromatic carbocycles. The number of hydrogen-bond acceptors (Lipinski definition) is 8. The number of esters is 1. The quantitative estimate of drug-likeness (QED) is 0.177. The normalized spacial score (nSPS) is 22.6. The second-order valence-electron chi connectivity index (χ2n) is 14.3. The third-order valence-electron chi connectivity index (χ3n) is 9.36. The summed E-state index contributed by atoms with van der Waals surface area (Å²) >= 11 is 0. The number of carbonyl (C=O) groups is 3. The van der Waals surface area contributed by atoms with E-state index in [0.29, 0.717) is 19.5 Å². The molecule has 10 nitrogen and oxygen atoms in total. The number of carbonyl (C=O) groups excluding carboxylic acids is 2. The van der Waals surface area contributed by atoms with Crippen molar-refractivity contribution in [3.05, 3.63) is 95.1 Å². The van der Waals surface area contributed by atoms with Gasteiger partial charge in [0.15, 0.2) is 6.29 Å². The molecule has 0 aromatic heterocycles. The predicted molar refractivity (Wildman–Crippen MR) is 189 cm³/mol. The summed E-state index contributed by atoms with van der Waals surface area (Å²) in [5.74, 6) is -1.32. The van der Waals surface area contributed by atoms with Crippen LogP contribution < -0.4 is 5.32 Å². The van der Waals surface area contributed by atoms with Crippen LogP contribution in [0.1, 0.15) is 94.4 Å². The zero-order valence-electron chi connectivity index (χ0n) is 29.5. The number of hydrogen-bond donors (Lipinski definition) is 3. The Morgan fingerprint density at radius 1 is 0.940 bits per heavy atom. The van der Waals surface area contributed by atoms with Crippen molar-refractivity contribution in [1.29, 1.82) is 0 Å². The van der Waals surface area contributed by atoms with Gasteiger partial charge in [-0.3, -0.25) is 19.3 Å². The van der Waals surface area contributed by atoms with Gasteiger partial charge in [-0.05, 0) is 74.4 Å². The molecule has 2 saturated heterocycles. The van der Waals surface area contributed by atoms with E-state index in [1.54, 1.807) is 0 Å². The molecule has 3 aromatic rings. The van der Waals surface area contributed by atoms with Crippen molar-refractivity contribution in [1.82, 2.24) is 10.2 Å². The van der Waals surface area contributed by atoms with Gasteiger partial charge in [-0.15, -0.1) is 0 Å². The first-order valence-electron chi connectivity index (χ1n) is 17.6. The van der Waals surface area contributed by atoms with E-state index >= 15 is 0 Å². The van der Waals surface area contributed by atoms with Gasteiger partial charge < -0.3 is 29.7 Å². The van der Waals surface area contributed by atoms with Gasteiger partial charge >= 0.3 is 11.9 Å². The van der Waals surface area contributed by atoms with Crippen LogP contribution in [0.15, 0.2) is 72.8 Å². The van der Waals surface area contributed by atoms with Crippen molar-refractivity contribution in [3.63, 3.8) is 0 Å². The Kier molecular flexibility index (Phi) is 12.4. The molecule has 0 aliphatic carbocycles. The number of ether oxygens (including phenoxy) is 3. The Bertz CT molecular complexity index is 1600. The van der Waals surface area contributed by atoms with Gasteiger partial charge in [0.2, 0.25) is 5.91 Å². The Labute approximate surface area is 294 Å². The van der Waals surface area contributed by atoms with Crippen molar-refractivity contribution in [2.45, 2.75) is 103 Å². The smallest absolute Gasteiger partial charge is 0.323 e. The molecule has 0 spiro atoms. The van der Waals surface area contributed by atoms with Crippen LogP contribution in [0.25, 0.3) is 11.1 Å².